The van der Waals surface area contributed by atoms with E-state index < -0.39 is 26.1 Å². The van der Waals surface area contributed by atoms with E-state index in [1.165, 1.54) is 29.2 Å². The molecule has 13 heteroatoms. The Morgan fingerprint density at radius 2 is 1.86 bits per heavy atom. The Balaban J connectivity index is 1.37. The van der Waals surface area contributed by atoms with Gasteiger partial charge in [-0.1, -0.05) is 31.2 Å². The van der Waals surface area contributed by atoms with E-state index in [9.17, 15) is 18.4 Å². The van der Waals surface area contributed by atoms with Crippen molar-refractivity contribution in [1.82, 2.24) is 24.3 Å². The summed E-state index contributed by atoms with van der Waals surface area (Å²) in [6.07, 6.45) is 7.12. The van der Waals surface area contributed by atoms with Crippen molar-refractivity contribution in [2.24, 2.45) is 0 Å². The molecule has 224 valence electrons. The molecule has 1 aromatic carbocycles. The third-order valence-corrected chi connectivity index (χ3v) is 8.75. The van der Waals surface area contributed by atoms with Crippen molar-refractivity contribution in [3.8, 4) is 11.4 Å². The van der Waals surface area contributed by atoms with Crippen LogP contribution in [0, 0.1) is 5.82 Å². The van der Waals surface area contributed by atoms with Gasteiger partial charge in [0, 0.05) is 45.9 Å². The number of nitrogens with zero attached hydrogens (tertiary/aromatic N) is 5. The summed E-state index contributed by atoms with van der Waals surface area (Å²) in [5, 5.41) is 8.49. The van der Waals surface area contributed by atoms with Crippen LogP contribution in [0.25, 0.3) is 22.2 Å². The second kappa shape index (κ2) is 13.7. The van der Waals surface area contributed by atoms with E-state index in [-0.39, 0.29) is 40.7 Å². The molecule has 0 saturated heterocycles. The van der Waals surface area contributed by atoms with Gasteiger partial charge >= 0.3 is 0 Å². The van der Waals surface area contributed by atoms with E-state index in [0.717, 1.165) is 10.7 Å². The molecule has 3 aromatic heterocycles. The number of halogens is 3. The molecule has 1 atom stereocenters. The van der Waals surface area contributed by atoms with Crippen molar-refractivity contribution in [2.75, 3.05) is 11.9 Å². The average molecular weight is 617 g/mol. The highest BCUT2D eigenvalue weighted by Crippen LogP contribution is 2.24. The number of benzene rings is 1. The molecule has 0 unspecified atom stereocenters. The third-order valence-electron chi connectivity index (χ3n) is 6.85. The predicted octanol–water partition coefficient (Wildman–Crippen LogP) is 5.87. The highest BCUT2D eigenvalue weighted by Gasteiger charge is 2.16. The second-order valence-electron chi connectivity index (χ2n) is 11.5. The summed E-state index contributed by atoms with van der Waals surface area (Å²) in [6, 6.07) is 5.33. The molecular weight excluding hydrogens is 582 g/mol. The van der Waals surface area contributed by atoms with Crippen LogP contribution < -0.4 is 16.4 Å². The van der Waals surface area contributed by atoms with Crippen molar-refractivity contribution >= 4 is 36.1 Å². The molecule has 4 aromatic rings. The number of nitrogens with one attached hydrogen (secondary N) is 1. The van der Waals surface area contributed by atoms with Gasteiger partial charge in [-0.15, -0.1) is 0 Å². The van der Waals surface area contributed by atoms with Crippen LogP contribution in [0.3, 0.4) is 0 Å². The molecule has 42 heavy (non-hydrogen) atoms. The number of anilines is 1. The van der Waals surface area contributed by atoms with Crippen LogP contribution in [0.15, 0.2) is 52.6 Å². The molecule has 0 radical (unpaired) electrons. The van der Waals surface area contributed by atoms with Gasteiger partial charge in [0.15, 0.2) is 5.82 Å². The van der Waals surface area contributed by atoms with Crippen LogP contribution in [0.1, 0.15) is 25.3 Å². The van der Waals surface area contributed by atoms with Crippen LogP contribution >= 0.6 is 11.6 Å². The zero-order valence-electron chi connectivity index (χ0n) is 24.2. The van der Waals surface area contributed by atoms with Crippen molar-refractivity contribution in [2.45, 2.75) is 71.4 Å². The Kier molecular flexibility index (Phi) is 10.2. The lowest BCUT2D eigenvalue weighted by atomic mass is 10.1. The summed E-state index contributed by atoms with van der Waals surface area (Å²) < 4.78 is 37.0. The molecule has 0 aliphatic heterocycles. The van der Waals surface area contributed by atoms with Gasteiger partial charge in [-0.05, 0) is 49.4 Å². The topological polar surface area (TPSA) is 104 Å². The first-order chi connectivity index (χ1) is 20.0. The van der Waals surface area contributed by atoms with Crippen LogP contribution in [-0.2, 0) is 24.7 Å². The monoisotopic (exact) mass is 616 g/mol. The number of fused-ring (bicyclic) bond motifs is 1. The predicted molar refractivity (Wildman–Crippen MR) is 164 cm³/mol. The molecule has 3 heterocycles. The smallest absolute Gasteiger partial charge is 0.276 e. The maximum atomic E-state index is 14.9. The summed E-state index contributed by atoms with van der Waals surface area (Å²) in [6.45, 7) is 8.59. The average Bonchev–Trinajstić information content (AvgIpc) is 2.93. The Hall–Kier alpha value is -3.48. The van der Waals surface area contributed by atoms with E-state index in [1.54, 1.807) is 18.3 Å². The number of hydrogen-bond acceptors (Lipinski definition) is 7. The van der Waals surface area contributed by atoms with Crippen LogP contribution in [0.5, 0.6) is 0 Å². The minimum absolute atomic E-state index is 0.00166. The third kappa shape index (κ3) is 7.87. The van der Waals surface area contributed by atoms with Crippen molar-refractivity contribution < 1.29 is 13.5 Å². The Labute approximate surface area is 248 Å². The molecule has 9 nitrogen and oxygen atoms in total. The van der Waals surface area contributed by atoms with Crippen molar-refractivity contribution in [1.29, 1.82) is 0 Å². The van der Waals surface area contributed by atoms with Crippen molar-refractivity contribution in [3.05, 3.63) is 80.1 Å². The quantitative estimate of drug-likeness (QED) is 0.148. The van der Waals surface area contributed by atoms with E-state index >= 15 is 0 Å². The van der Waals surface area contributed by atoms with Gasteiger partial charge in [-0.25, -0.2) is 23.4 Å². The number of hydrogen-bond donors (Lipinski definition) is 1. The molecule has 0 bridgehead atoms. The SMILES string of the molecule is C[C@@H](CCCn1ccc2cc(-c3ncc(Cl)cn3)c(F)cc2c1=O)Nc1cnn(COCC[Si](C)(C)C)c(=O)c1CF. The lowest BCUT2D eigenvalue weighted by molar-refractivity contribution is 0.0746. The number of rotatable bonds is 13. The number of aromatic nitrogens is 5. The maximum absolute atomic E-state index is 14.9. The Morgan fingerprint density at radius 1 is 1.12 bits per heavy atom. The van der Waals surface area contributed by atoms with E-state index in [2.05, 4.69) is 40.0 Å². The molecule has 0 aliphatic rings. The van der Waals surface area contributed by atoms with E-state index in [0.29, 0.717) is 42.1 Å². The summed E-state index contributed by atoms with van der Waals surface area (Å²) in [4.78, 5) is 34.0. The minimum Gasteiger partial charge on any atom is -0.381 e. The molecule has 0 aliphatic carbocycles. The summed E-state index contributed by atoms with van der Waals surface area (Å²) >= 11 is 5.83. The molecule has 4 rings (SSSR count). The zero-order chi connectivity index (χ0) is 30.4. The lowest BCUT2D eigenvalue weighted by Gasteiger charge is -2.18. The van der Waals surface area contributed by atoms with Gasteiger partial charge in [-0.2, -0.15) is 5.10 Å². The number of alkyl halides is 1. The fourth-order valence-corrected chi connectivity index (χ4v) is 5.27. The first kappa shape index (κ1) is 31.5. The molecule has 1 N–H and O–H groups in total. The molecule has 0 amide bonds. The molecule has 0 saturated carbocycles. The maximum Gasteiger partial charge on any atom is 0.276 e. The Bertz CT molecular complexity index is 1660. The van der Waals surface area contributed by atoms with Crippen molar-refractivity contribution in [3.63, 3.8) is 0 Å². The molecule has 0 spiro atoms. The van der Waals surface area contributed by atoms with Gasteiger partial charge in [0.25, 0.3) is 11.1 Å². The molecular formula is C29H35ClF2N6O3Si. The first-order valence-corrected chi connectivity index (χ1v) is 17.8. The van der Waals surface area contributed by atoms with E-state index in [1.807, 2.05) is 6.92 Å². The van der Waals surface area contributed by atoms with Gasteiger partial charge in [0.1, 0.15) is 19.2 Å². The van der Waals surface area contributed by atoms with Gasteiger partial charge in [0.05, 0.1) is 33.4 Å². The summed E-state index contributed by atoms with van der Waals surface area (Å²) in [5.41, 5.74) is -0.312. The first-order valence-electron chi connectivity index (χ1n) is 13.8. The zero-order valence-corrected chi connectivity index (χ0v) is 25.9. The second-order valence-corrected chi connectivity index (χ2v) is 17.5. The van der Waals surface area contributed by atoms with Crippen LogP contribution in [-0.4, -0.2) is 45.0 Å². The molecule has 0 fully saturated rings. The van der Waals surface area contributed by atoms with Crippen LogP contribution in [0.2, 0.25) is 30.7 Å². The number of ether oxygens (including phenoxy) is 1. The fraction of sp³-hybridized carbons (Fsp3) is 0.414. The van der Waals surface area contributed by atoms with Gasteiger partial charge in [0.2, 0.25) is 0 Å². The van der Waals surface area contributed by atoms with Gasteiger partial charge < -0.3 is 14.6 Å². The highest BCUT2D eigenvalue weighted by atomic mass is 35.5. The normalized spacial score (nSPS) is 12.5. The van der Waals surface area contributed by atoms with E-state index in [4.69, 9.17) is 16.3 Å². The Morgan fingerprint density at radius 3 is 2.55 bits per heavy atom. The fourth-order valence-electron chi connectivity index (χ4n) is 4.41. The van der Waals surface area contributed by atoms with Crippen LogP contribution in [0.4, 0.5) is 14.5 Å². The lowest BCUT2D eigenvalue weighted by Crippen LogP contribution is -2.30. The number of pyridine rings is 1. The number of aryl methyl sites for hydroxylation is 1. The standard InChI is InChI=1S/C29H35ClF2N6O3Si/c1-19(36-26-17-35-38(29(40)24(26)14-31)18-41-10-11-42(2,3)4)6-5-8-37-9-7-20-12-23(25(32)13-22(20)28(37)39)27-33-15-21(30)16-34-27/h7,9,12-13,15-17,19,36H,5-6,8,10-11,14,18H2,1-4H3/t19-/m0/s1. The summed E-state index contributed by atoms with van der Waals surface area (Å²) in [7, 11) is -1.26. The van der Waals surface area contributed by atoms with Gasteiger partial charge in [-0.3, -0.25) is 9.59 Å². The largest absolute Gasteiger partial charge is 0.381 e. The minimum atomic E-state index is -1.26. The summed E-state index contributed by atoms with van der Waals surface area (Å²) in [5.74, 6) is -0.423. The highest BCUT2D eigenvalue weighted by molar-refractivity contribution is 6.76.